The van der Waals surface area contributed by atoms with Crippen molar-refractivity contribution in [1.29, 1.82) is 0 Å². The van der Waals surface area contributed by atoms with E-state index in [0.717, 1.165) is 16.3 Å². The molecule has 31 heavy (non-hydrogen) atoms. The molecule has 0 aliphatic rings. The fraction of sp³-hybridized carbons (Fsp3) is 0.435. The number of hydrogen-bond donors (Lipinski definition) is 0. The molecular weight excluding hydrogens is 415 g/mol. The van der Waals surface area contributed by atoms with Crippen LogP contribution in [0.2, 0.25) is 0 Å². The number of carbonyl (C=O) groups excluding carboxylic acids is 1. The topological polar surface area (TPSA) is 91.5 Å². The molecule has 1 heterocycles. The normalized spacial score (nSPS) is 14.9. The van der Waals surface area contributed by atoms with Crippen LogP contribution in [0.25, 0.3) is 10.8 Å². The van der Waals surface area contributed by atoms with Gasteiger partial charge >= 0.3 is 5.97 Å². The second-order valence-electron chi connectivity index (χ2n) is 8.54. The Balaban J connectivity index is 1.77. The molecule has 0 aliphatic heterocycles. The Morgan fingerprint density at radius 2 is 1.87 bits per heavy atom. The summed E-state index contributed by atoms with van der Waals surface area (Å²) in [6.45, 7) is 8.69. The molecule has 3 aromatic rings. The lowest BCUT2D eigenvalue weighted by Gasteiger charge is -2.26. The molecule has 3 rings (SSSR count). The van der Waals surface area contributed by atoms with Crippen LogP contribution in [0, 0.1) is 0 Å². The van der Waals surface area contributed by atoms with E-state index in [9.17, 15) is 9.36 Å². The Kier molecular flexibility index (Phi) is 6.97. The van der Waals surface area contributed by atoms with E-state index in [1.165, 1.54) is 6.66 Å². The van der Waals surface area contributed by atoms with E-state index in [2.05, 4.69) is 34.4 Å². The number of rotatable bonds is 8. The van der Waals surface area contributed by atoms with Crippen molar-refractivity contribution in [2.75, 3.05) is 13.3 Å². The molecule has 2 aromatic carbocycles. The van der Waals surface area contributed by atoms with Crippen LogP contribution in [-0.4, -0.2) is 40.6 Å². The van der Waals surface area contributed by atoms with Crippen molar-refractivity contribution in [2.24, 2.45) is 0 Å². The largest absolute Gasteiger partial charge is 0.459 e. The Labute approximate surface area is 182 Å². The predicted octanol–water partition coefficient (Wildman–Crippen LogP) is 5.01. The molecule has 1 aromatic heterocycles. The van der Waals surface area contributed by atoms with Crippen molar-refractivity contribution in [2.45, 2.75) is 51.8 Å². The fourth-order valence-electron chi connectivity index (χ4n) is 3.30. The maximum atomic E-state index is 13.1. The summed E-state index contributed by atoms with van der Waals surface area (Å²) in [5, 5.41) is 6.34. The van der Waals surface area contributed by atoms with Gasteiger partial charge in [-0.2, -0.15) is 4.98 Å². The van der Waals surface area contributed by atoms with Gasteiger partial charge < -0.3 is 13.8 Å². The van der Waals surface area contributed by atoms with E-state index in [0.29, 0.717) is 12.2 Å². The molecule has 166 valence electrons. The smallest absolute Gasteiger partial charge is 0.319 e. The van der Waals surface area contributed by atoms with Crippen molar-refractivity contribution in [3.63, 3.8) is 0 Å². The van der Waals surface area contributed by atoms with Crippen LogP contribution in [0.4, 0.5) is 0 Å². The van der Waals surface area contributed by atoms with Crippen molar-refractivity contribution in [1.82, 2.24) is 10.1 Å². The van der Waals surface area contributed by atoms with Gasteiger partial charge in [-0.3, -0.25) is 9.36 Å². The SMILES string of the molecule is CCOP(C)(=O)C(Cc1nc(Cc2ccc3ccccc3c2)no1)C(=O)OC(C)(C)C. The Bertz CT molecular complexity index is 1100. The van der Waals surface area contributed by atoms with Crippen molar-refractivity contribution >= 4 is 24.1 Å². The molecule has 7 nitrogen and oxygen atoms in total. The molecule has 0 fully saturated rings. The van der Waals surface area contributed by atoms with Crippen LogP contribution in [0.15, 0.2) is 47.0 Å². The third-order valence-electron chi connectivity index (χ3n) is 4.68. The van der Waals surface area contributed by atoms with Gasteiger partial charge in [0.15, 0.2) is 5.82 Å². The number of fused-ring (bicyclic) bond motifs is 1. The first-order valence-corrected chi connectivity index (χ1v) is 12.5. The van der Waals surface area contributed by atoms with Gasteiger partial charge in [-0.25, -0.2) is 0 Å². The van der Waals surface area contributed by atoms with E-state index in [1.54, 1.807) is 27.7 Å². The third kappa shape index (κ3) is 6.25. The molecule has 0 spiro atoms. The molecule has 0 N–H and O–H groups in total. The number of aromatic nitrogens is 2. The summed E-state index contributed by atoms with van der Waals surface area (Å²) in [4.78, 5) is 17.2. The van der Waals surface area contributed by atoms with Gasteiger partial charge in [0.25, 0.3) is 0 Å². The summed E-state index contributed by atoms with van der Waals surface area (Å²) in [5.41, 5.74) is -0.677. The standard InChI is InChI=1S/C23H29N2O5P/c1-6-28-31(5,27)19(22(26)29-23(2,3)4)15-21-24-20(25-30-21)14-16-11-12-17-9-7-8-10-18(17)13-16/h7-13,19H,6,14-15H2,1-5H3. The number of carbonyl (C=O) groups is 1. The Hall–Kier alpha value is -2.50. The number of benzene rings is 2. The van der Waals surface area contributed by atoms with Crippen LogP contribution < -0.4 is 0 Å². The van der Waals surface area contributed by atoms with Gasteiger partial charge in [0.1, 0.15) is 11.3 Å². The fourth-order valence-corrected chi connectivity index (χ4v) is 4.91. The third-order valence-corrected chi connectivity index (χ3v) is 6.98. The van der Waals surface area contributed by atoms with E-state index >= 15 is 0 Å². The summed E-state index contributed by atoms with van der Waals surface area (Å²) >= 11 is 0. The van der Waals surface area contributed by atoms with Crippen molar-refractivity contribution in [3.8, 4) is 0 Å². The van der Waals surface area contributed by atoms with E-state index in [1.807, 2.05) is 18.2 Å². The minimum absolute atomic E-state index is 0.00654. The van der Waals surface area contributed by atoms with E-state index in [4.69, 9.17) is 13.8 Å². The lowest BCUT2D eigenvalue weighted by Crippen LogP contribution is -2.33. The van der Waals surface area contributed by atoms with Gasteiger partial charge in [0.2, 0.25) is 13.3 Å². The highest BCUT2D eigenvalue weighted by atomic mass is 31.2. The minimum Gasteiger partial charge on any atom is -0.459 e. The number of hydrogen-bond acceptors (Lipinski definition) is 7. The van der Waals surface area contributed by atoms with Crippen LogP contribution in [0.3, 0.4) is 0 Å². The van der Waals surface area contributed by atoms with Crippen molar-refractivity contribution in [3.05, 3.63) is 59.7 Å². The Morgan fingerprint density at radius 3 is 2.55 bits per heavy atom. The first-order chi connectivity index (χ1) is 14.6. The molecule has 8 heteroatoms. The lowest BCUT2D eigenvalue weighted by atomic mass is 10.1. The zero-order valence-corrected chi connectivity index (χ0v) is 19.5. The van der Waals surface area contributed by atoms with Gasteiger partial charge in [-0.15, -0.1) is 0 Å². The highest BCUT2D eigenvalue weighted by Crippen LogP contribution is 2.50. The quantitative estimate of drug-likeness (QED) is 0.356. The summed E-state index contributed by atoms with van der Waals surface area (Å²) in [5.74, 6) is 0.130. The second kappa shape index (κ2) is 9.33. The molecule has 0 amide bonds. The molecule has 0 saturated heterocycles. The molecule has 0 radical (unpaired) electrons. The average Bonchev–Trinajstić information content (AvgIpc) is 3.11. The summed E-state index contributed by atoms with van der Waals surface area (Å²) in [6.07, 6.45) is 0.480. The predicted molar refractivity (Wildman–Crippen MR) is 120 cm³/mol. The van der Waals surface area contributed by atoms with Gasteiger partial charge in [0.05, 0.1) is 6.61 Å². The maximum Gasteiger partial charge on any atom is 0.319 e. The monoisotopic (exact) mass is 444 g/mol. The molecule has 0 bridgehead atoms. The van der Waals surface area contributed by atoms with Crippen LogP contribution in [0.5, 0.6) is 0 Å². The molecular formula is C23H29N2O5P. The van der Waals surface area contributed by atoms with Gasteiger partial charge in [-0.05, 0) is 44.0 Å². The lowest BCUT2D eigenvalue weighted by molar-refractivity contribution is -0.154. The molecule has 0 saturated carbocycles. The second-order valence-corrected chi connectivity index (χ2v) is 11.2. The zero-order valence-electron chi connectivity index (χ0n) is 18.6. The number of nitrogens with zero attached hydrogens (tertiary/aromatic N) is 2. The van der Waals surface area contributed by atoms with Crippen LogP contribution >= 0.6 is 7.37 Å². The first-order valence-electron chi connectivity index (χ1n) is 10.3. The summed E-state index contributed by atoms with van der Waals surface area (Å²) in [6, 6.07) is 14.3. The maximum absolute atomic E-state index is 13.1. The van der Waals surface area contributed by atoms with Crippen molar-refractivity contribution < 1.29 is 23.1 Å². The van der Waals surface area contributed by atoms with Gasteiger partial charge in [0, 0.05) is 19.5 Å². The highest BCUT2D eigenvalue weighted by molar-refractivity contribution is 7.60. The van der Waals surface area contributed by atoms with Crippen LogP contribution in [-0.2, 0) is 31.5 Å². The number of ether oxygens (including phenoxy) is 1. The summed E-state index contributed by atoms with van der Waals surface area (Å²) < 4.78 is 29.3. The minimum atomic E-state index is -3.30. The molecule has 2 unspecified atom stereocenters. The average molecular weight is 444 g/mol. The highest BCUT2D eigenvalue weighted by Gasteiger charge is 2.40. The van der Waals surface area contributed by atoms with Crippen LogP contribution in [0.1, 0.15) is 45.0 Å². The Morgan fingerprint density at radius 1 is 1.16 bits per heavy atom. The molecule has 0 aliphatic carbocycles. The van der Waals surface area contributed by atoms with Gasteiger partial charge in [-0.1, -0.05) is 47.6 Å². The molecule has 2 atom stereocenters. The van der Waals surface area contributed by atoms with E-state index < -0.39 is 24.6 Å². The number of esters is 1. The first kappa shape index (κ1) is 23.2. The summed E-state index contributed by atoms with van der Waals surface area (Å²) in [7, 11) is -3.30. The zero-order chi connectivity index (χ0) is 22.6. The van der Waals surface area contributed by atoms with E-state index in [-0.39, 0.29) is 18.9 Å².